The molecule has 1 aromatic heterocycles. The van der Waals surface area contributed by atoms with Gasteiger partial charge in [0.1, 0.15) is 5.69 Å². The van der Waals surface area contributed by atoms with E-state index in [1.54, 1.807) is 30.3 Å². The molecule has 0 saturated heterocycles. The molecule has 126 valence electrons. The summed E-state index contributed by atoms with van der Waals surface area (Å²) in [7, 11) is 0. The lowest BCUT2D eigenvalue weighted by molar-refractivity contribution is 0.0952. The van der Waals surface area contributed by atoms with E-state index in [-0.39, 0.29) is 23.9 Å². The van der Waals surface area contributed by atoms with Gasteiger partial charge in [0.05, 0.1) is 11.3 Å². The fourth-order valence-corrected chi connectivity index (χ4v) is 2.96. The average molecular weight is 390 g/mol. The monoisotopic (exact) mass is 389 g/mol. The molecule has 1 aliphatic rings. The minimum Gasteiger partial charge on any atom is -0.349 e. The summed E-state index contributed by atoms with van der Waals surface area (Å²) in [5.74, 6) is -0.380. The van der Waals surface area contributed by atoms with E-state index in [0.717, 1.165) is 17.3 Å². The van der Waals surface area contributed by atoms with Crippen LogP contribution in [0.5, 0.6) is 0 Å². The number of nitrogens with one attached hydrogen (secondary N) is 2. The molecular formula is C18H20BrN3O2. The highest BCUT2D eigenvalue weighted by Gasteiger charge is 2.25. The lowest BCUT2D eigenvalue weighted by Crippen LogP contribution is -2.27. The van der Waals surface area contributed by atoms with E-state index < -0.39 is 0 Å². The fourth-order valence-electron chi connectivity index (χ4n) is 2.52. The van der Waals surface area contributed by atoms with Crippen molar-refractivity contribution in [2.45, 2.75) is 38.8 Å². The number of para-hydroxylation sites is 1. The van der Waals surface area contributed by atoms with Gasteiger partial charge in [0.25, 0.3) is 11.8 Å². The average Bonchev–Trinajstić information content (AvgIpc) is 3.26. The largest absolute Gasteiger partial charge is 0.349 e. The van der Waals surface area contributed by atoms with Crippen molar-refractivity contribution >= 4 is 33.4 Å². The fraction of sp³-hybridized carbons (Fsp3) is 0.333. The van der Waals surface area contributed by atoms with Crippen LogP contribution >= 0.6 is 15.9 Å². The SMILES string of the molecule is CC(C)n1cc(Br)cc1C(=O)Nc1ccccc1C(=O)NC1CC1. The third kappa shape index (κ3) is 3.70. The zero-order chi connectivity index (χ0) is 17.3. The van der Waals surface area contributed by atoms with Crippen LogP contribution in [0.25, 0.3) is 0 Å². The summed E-state index contributed by atoms with van der Waals surface area (Å²) in [6.07, 6.45) is 3.93. The van der Waals surface area contributed by atoms with Gasteiger partial charge in [-0.05, 0) is 60.8 Å². The lowest BCUT2D eigenvalue weighted by atomic mass is 10.1. The molecule has 0 atom stereocenters. The number of rotatable bonds is 5. The zero-order valence-corrected chi connectivity index (χ0v) is 15.3. The summed E-state index contributed by atoms with van der Waals surface area (Å²) >= 11 is 3.41. The quantitative estimate of drug-likeness (QED) is 0.812. The number of hydrogen-bond donors (Lipinski definition) is 2. The van der Waals surface area contributed by atoms with E-state index in [4.69, 9.17) is 0 Å². The van der Waals surface area contributed by atoms with Crippen molar-refractivity contribution in [3.05, 3.63) is 52.3 Å². The first-order valence-corrected chi connectivity index (χ1v) is 8.83. The first-order chi connectivity index (χ1) is 11.5. The molecule has 3 rings (SSSR count). The van der Waals surface area contributed by atoms with Crippen LogP contribution < -0.4 is 10.6 Å². The highest BCUT2D eigenvalue weighted by atomic mass is 79.9. The van der Waals surface area contributed by atoms with Gasteiger partial charge in [-0.15, -0.1) is 0 Å². The highest BCUT2D eigenvalue weighted by molar-refractivity contribution is 9.10. The number of benzene rings is 1. The minimum atomic E-state index is -0.235. The summed E-state index contributed by atoms with van der Waals surface area (Å²) in [5.41, 5.74) is 1.56. The molecule has 0 unspecified atom stereocenters. The van der Waals surface area contributed by atoms with Gasteiger partial charge in [-0.3, -0.25) is 9.59 Å². The van der Waals surface area contributed by atoms with E-state index in [1.165, 1.54) is 0 Å². The Balaban J connectivity index is 1.83. The maximum absolute atomic E-state index is 12.7. The van der Waals surface area contributed by atoms with Crippen LogP contribution in [0, 0.1) is 0 Å². The van der Waals surface area contributed by atoms with Crippen molar-refractivity contribution in [2.75, 3.05) is 5.32 Å². The third-order valence-electron chi connectivity index (χ3n) is 3.94. The normalized spacial score (nSPS) is 13.8. The van der Waals surface area contributed by atoms with Gasteiger partial charge >= 0.3 is 0 Å². The van der Waals surface area contributed by atoms with Crippen LogP contribution in [-0.4, -0.2) is 22.4 Å². The summed E-state index contributed by atoms with van der Waals surface area (Å²) in [6, 6.07) is 9.29. The van der Waals surface area contributed by atoms with Crippen LogP contribution in [0.4, 0.5) is 5.69 Å². The Bertz CT molecular complexity index is 778. The summed E-state index contributed by atoms with van der Waals surface area (Å²) in [5, 5.41) is 5.82. The number of halogens is 1. The van der Waals surface area contributed by atoms with Gasteiger partial charge < -0.3 is 15.2 Å². The van der Waals surface area contributed by atoms with Gasteiger partial charge in [0.2, 0.25) is 0 Å². The molecule has 0 spiro atoms. The molecule has 1 aromatic carbocycles. The molecule has 1 heterocycles. The van der Waals surface area contributed by atoms with Crippen molar-refractivity contribution in [2.24, 2.45) is 0 Å². The standard InChI is InChI=1S/C18H20BrN3O2/c1-11(2)22-10-12(19)9-16(22)18(24)21-15-6-4-3-5-14(15)17(23)20-13-7-8-13/h3-6,9-11,13H,7-8H2,1-2H3,(H,20,23)(H,21,24). The van der Waals surface area contributed by atoms with Crippen molar-refractivity contribution in [3.63, 3.8) is 0 Å². The van der Waals surface area contributed by atoms with E-state index in [0.29, 0.717) is 16.9 Å². The number of carbonyl (C=O) groups excluding carboxylic acids is 2. The van der Waals surface area contributed by atoms with Gasteiger partial charge in [0.15, 0.2) is 0 Å². The first kappa shape index (κ1) is 16.8. The molecule has 2 N–H and O–H groups in total. The molecule has 0 radical (unpaired) electrons. The molecule has 1 aliphatic carbocycles. The van der Waals surface area contributed by atoms with Crippen LogP contribution in [0.1, 0.15) is 53.6 Å². The zero-order valence-electron chi connectivity index (χ0n) is 13.7. The Kier molecular flexibility index (Phi) is 4.76. The molecule has 1 saturated carbocycles. The molecular weight excluding hydrogens is 370 g/mol. The molecule has 6 heteroatoms. The Labute approximate surface area is 149 Å². The van der Waals surface area contributed by atoms with Gasteiger partial charge in [-0.1, -0.05) is 12.1 Å². The van der Waals surface area contributed by atoms with Gasteiger partial charge in [-0.25, -0.2) is 0 Å². The number of nitrogens with zero attached hydrogens (tertiary/aromatic N) is 1. The summed E-state index contributed by atoms with van der Waals surface area (Å²) in [6.45, 7) is 4.03. The smallest absolute Gasteiger partial charge is 0.272 e. The maximum atomic E-state index is 12.7. The molecule has 2 aromatic rings. The topological polar surface area (TPSA) is 63.1 Å². The summed E-state index contributed by atoms with van der Waals surface area (Å²) in [4.78, 5) is 25.0. The lowest BCUT2D eigenvalue weighted by Gasteiger charge is -2.14. The predicted molar refractivity (Wildman–Crippen MR) is 97.4 cm³/mol. The second kappa shape index (κ2) is 6.81. The Morgan fingerprint density at radius 2 is 1.92 bits per heavy atom. The van der Waals surface area contributed by atoms with E-state index in [2.05, 4.69) is 26.6 Å². The van der Waals surface area contributed by atoms with Crippen molar-refractivity contribution < 1.29 is 9.59 Å². The highest BCUT2D eigenvalue weighted by Crippen LogP contribution is 2.23. The minimum absolute atomic E-state index is 0.145. The van der Waals surface area contributed by atoms with Crippen LogP contribution in [0.3, 0.4) is 0 Å². The number of carbonyl (C=O) groups is 2. The molecule has 24 heavy (non-hydrogen) atoms. The van der Waals surface area contributed by atoms with E-state index in [1.807, 2.05) is 24.6 Å². The van der Waals surface area contributed by atoms with E-state index in [9.17, 15) is 9.59 Å². The number of aromatic nitrogens is 1. The van der Waals surface area contributed by atoms with E-state index >= 15 is 0 Å². The Morgan fingerprint density at radius 3 is 2.58 bits per heavy atom. The van der Waals surface area contributed by atoms with Crippen molar-refractivity contribution in [1.82, 2.24) is 9.88 Å². The maximum Gasteiger partial charge on any atom is 0.272 e. The van der Waals surface area contributed by atoms with Crippen LogP contribution in [0.2, 0.25) is 0 Å². The van der Waals surface area contributed by atoms with Gasteiger partial charge in [-0.2, -0.15) is 0 Å². The molecule has 2 amide bonds. The molecule has 5 nitrogen and oxygen atoms in total. The van der Waals surface area contributed by atoms with Crippen molar-refractivity contribution in [3.8, 4) is 0 Å². The predicted octanol–water partition coefficient (Wildman–Crippen LogP) is 3.98. The van der Waals surface area contributed by atoms with Crippen LogP contribution in [0.15, 0.2) is 41.0 Å². The summed E-state index contributed by atoms with van der Waals surface area (Å²) < 4.78 is 2.74. The Hall–Kier alpha value is -2.08. The first-order valence-electron chi connectivity index (χ1n) is 8.04. The number of hydrogen-bond acceptors (Lipinski definition) is 2. The number of amides is 2. The molecule has 1 fully saturated rings. The Morgan fingerprint density at radius 1 is 1.21 bits per heavy atom. The second-order valence-electron chi connectivity index (χ2n) is 6.29. The van der Waals surface area contributed by atoms with Crippen molar-refractivity contribution in [1.29, 1.82) is 0 Å². The van der Waals surface area contributed by atoms with Gasteiger partial charge in [0, 0.05) is 22.8 Å². The van der Waals surface area contributed by atoms with Crippen LogP contribution in [-0.2, 0) is 0 Å². The number of anilines is 1. The second-order valence-corrected chi connectivity index (χ2v) is 7.21. The molecule has 0 aliphatic heterocycles. The third-order valence-corrected chi connectivity index (χ3v) is 4.37. The molecule has 0 bridgehead atoms.